The molecular weight excluding hydrogens is 304 g/mol. The van der Waals surface area contributed by atoms with Crippen molar-refractivity contribution in [3.05, 3.63) is 16.2 Å². The second-order valence-electron chi connectivity index (χ2n) is 3.55. The van der Waals surface area contributed by atoms with E-state index in [-0.39, 0.29) is 18.2 Å². The van der Waals surface area contributed by atoms with Crippen molar-refractivity contribution in [2.75, 3.05) is 12.3 Å². The maximum absolute atomic E-state index is 11.4. The highest BCUT2D eigenvalue weighted by Crippen LogP contribution is 2.37. The number of thioether (sulfide) groups is 1. The lowest BCUT2D eigenvalue weighted by Crippen LogP contribution is -2.25. The number of nitriles is 1. The number of amides is 1. The normalized spacial score (nSPS) is 10.4. The van der Waals surface area contributed by atoms with Crippen LogP contribution in [0.2, 0.25) is 5.02 Å². The van der Waals surface area contributed by atoms with E-state index >= 15 is 0 Å². The summed E-state index contributed by atoms with van der Waals surface area (Å²) < 4.78 is 0. The third-order valence-corrected chi connectivity index (χ3v) is 4.85. The molecule has 2 aromatic heterocycles. The van der Waals surface area contributed by atoms with Gasteiger partial charge in [0.05, 0.1) is 22.2 Å². The highest BCUT2D eigenvalue weighted by Gasteiger charge is 2.14. The fourth-order valence-electron chi connectivity index (χ4n) is 1.42. The Morgan fingerprint density at radius 1 is 1.63 bits per heavy atom. The van der Waals surface area contributed by atoms with Gasteiger partial charge in [-0.2, -0.15) is 5.26 Å². The summed E-state index contributed by atoms with van der Waals surface area (Å²) in [5, 5.41) is 13.0. The van der Waals surface area contributed by atoms with Crippen LogP contribution in [0.5, 0.6) is 0 Å². The molecule has 2 rings (SSSR count). The van der Waals surface area contributed by atoms with Gasteiger partial charge >= 0.3 is 0 Å². The zero-order valence-corrected chi connectivity index (χ0v) is 12.3. The predicted molar refractivity (Wildman–Crippen MR) is 76.5 cm³/mol. The lowest BCUT2D eigenvalue weighted by Gasteiger charge is -2.02. The van der Waals surface area contributed by atoms with Crippen LogP contribution in [0.4, 0.5) is 0 Å². The van der Waals surface area contributed by atoms with Crippen LogP contribution in [0.15, 0.2) is 11.4 Å². The quantitative estimate of drug-likeness (QED) is 0.533. The number of aryl methyl sites for hydroxylation is 1. The van der Waals surface area contributed by atoms with Crippen LogP contribution in [-0.2, 0) is 4.79 Å². The fourth-order valence-corrected chi connectivity index (χ4v) is 3.61. The van der Waals surface area contributed by atoms with Crippen LogP contribution >= 0.6 is 34.7 Å². The molecule has 2 heterocycles. The van der Waals surface area contributed by atoms with Crippen molar-refractivity contribution in [1.29, 1.82) is 5.26 Å². The third kappa shape index (κ3) is 3.15. The fraction of sp³-hybridized carbons (Fsp3) is 0.273. The van der Waals surface area contributed by atoms with Crippen LogP contribution in [0, 0.1) is 18.3 Å². The monoisotopic (exact) mass is 312 g/mol. The molecular formula is C11H9ClN4OS2. The Bertz CT molecular complexity index is 664. The predicted octanol–water partition coefficient (Wildman–Crippen LogP) is 2.38. The average molecular weight is 313 g/mol. The first-order chi connectivity index (χ1) is 9.13. The molecule has 19 heavy (non-hydrogen) atoms. The van der Waals surface area contributed by atoms with Crippen molar-refractivity contribution in [1.82, 2.24) is 15.3 Å². The number of carbonyl (C=O) groups is 1. The molecule has 0 saturated heterocycles. The van der Waals surface area contributed by atoms with Gasteiger partial charge in [0.1, 0.15) is 22.7 Å². The molecule has 1 N–H and O–H groups in total. The summed E-state index contributed by atoms with van der Waals surface area (Å²) in [5.41, 5.74) is 0. The van der Waals surface area contributed by atoms with Crippen LogP contribution in [-0.4, -0.2) is 28.2 Å². The van der Waals surface area contributed by atoms with E-state index in [4.69, 9.17) is 16.9 Å². The zero-order valence-electron chi connectivity index (χ0n) is 9.94. The van der Waals surface area contributed by atoms with Gasteiger partial charge in [-0.25, -0.2) is 9.97 Å². The number of fused-ring (bicyclic) bond motifs is 1. The minimum Gasteiger partial charge on any atom is -0.342 e. The molecule has 0 fully saturated rings. The molecule has 0 unspecified atom stereocenters. The van der Waals surface area contributed by atoms with Crippen LogP contribution in [0.1, 0.15) is 4.88 Å². The molecule has 98 valence electrons. The van der Waals surface area contributed by atoms with E-state index in [2.05, 4.69) is 15.3 Å². The molecule has 0 aromatic carbocycles. The van der Waals surface area contributed by atoms with E-state index in [1.807, 2.05) is 13.0 Å². The lowest BCUT2D eigenvalue weighted by atomic mass is 10.4. The smallest absolute Gasteiger partial charge is 0.231 e. The van der Waals surface area contributed by atoms with Gasteiger partial charge in [0, 0.05) is 4.88 Å². The van der Waals surface area contributed by atoms with Gasteiger partial charge in [-0.15, -0.1) is 11.3 Å². The van der Waals surface area contributed by atoms with Gasteiger partial charge in [0.15, 0.2) is 0 Å². The summed E-state index contributed by atoms with van der Waals surface area (Å²) in [6, 6.07) is 1.85. The Balaban J connectivity index is 2.17. The Morgan fingerprint density at radius 3 is 3.16 bits per heavy atom. The van der Waals surface area contributed by atoms with Crippen molar-refractivity contribution in [3.8, 4) is 6.07 Å². The lowest BCUT2D eigenvalue weighted by molar-refractivity contribution is -0.118. The van der Waals surface area contributed by atoms with E-state index < -0.39 is 0 Å². The molecule has 0 aliphatic carbocycles. The van der Waals surface area contributed by atoms with Crippen molar-refractivity contribution in [3.63, 3.8) is 0 Å². The van der Waals surface area contributed by atoms with Crippen molar-refractivity contribution in [2.24, 2.45) is 0 Å². The molecule has 0 aliphatic rings. The van der Waals surface area contributed by atoms with Crippen molar-refractivity contribution >= 4 is 50.8 Å². The molecule has 0 saturated carbocycles. The molecule has 5 nitrogen and oxygen atoms in total. The second kappa shape index (κ2) is 6.19. The van der Waals surface area contributed by atoms with E-state index in [1.165, 1.54) is 29.4 Å². The number of carbonyl (C=O) groups excluding carboxylic acids is 1. The molecule has 0 radical (unpaired) electrons. The summed E-state index contributed by atoms with van der Waals surface area (Å²) in [4.78, 5) is 21.6. The Morgan fingerprint density at radius 2 is 2.42 bits per heavy atom. The zero-order chi connectivity index (χ0) is 13.8. The van der Waals surface area contributed by atoms with Gasteiger partial charge in [0.25, 0.3) is 0 Å². The number of thiophene rings is 1. The summed E-state index contributed by atoms with van der Waals surface area (Å²) in [5.74, 6) is -0.0136. The molecule has 8 heteroatoms. The summed E-state index contributed by atoms with van der Waals surface area (Å²) in [6.07, 6.45) is 1.46. The van der Waals surface area contributed by atoms with Gasteiger partial charge in [-0.3, -0.25) is 4.79 Å². The number of nitrogens with zero attached hydrogens (tertiary/aromatic N) is 3. The van der Waals surface area contributed by atoms with E-state index in [0.717, 1.165) is 15.1 Å². The van der Waals surface area contributed by atoms with E-state index in [0.29, 0.717) is 10.0 Å². The minimum atomic E-state index is -0.207. The Labute approximate surface area is 123 Å². The Hall–Kier alpha value is -1.36. The van der Waals surface area contributed by atoms with Gasteiger partial charge in [-0.1, -0.05) is 23.4 Å². The number of halogens is 1. The Kier molecular flexibility index (Phi) is 4.58. The van der Waals surface area contributed by atoms with E-state index in [9.17, 15) is 4.79 Å². The topological polar surface area (TPSA) is 78.7 Å². The highest BCUT2D eigenvalue weighted by molar-refractivity contribution is 8.00. The van der Waals surface area contributed by atoms with Crippen molar-refractivity contribution in [2.45, 2.75) is 11.9 Å². The average Bonchev–Trinajstić information content (AvgIpc) is 2.70. The number of hydrogen-bond donors (Lipinski definition) is 1. The highest BCUT2D eigenvalue weighted by atomic mass is 35.5. The minimum absolute atomic E-state index is 0.0108. The number of nitrogens with one attached hydrogen (secondary N) is 1. The van der Waals surface area contributed by atoms with E-state index in [1.54, 1.807) is 0 Å². The standard InChI is InChI=1S/C11H9ClN4OS2/c1-6-9(12)8-10(15-5-16-11(8)19-6)18-4-7(17)14-3-2-13/h5H,3-4H2,1H3,(H,14,17). The third-order valence-electron chi connectivity index (χ3n) is 2.26. The number of hydrogen-bond acceptors (Lipinski definition) is 6. The molecule has 0 bridgehead atoms. The summed E-state index contributed by atoms with van der Waals surface area (Å²) in [7, 11) is 0. The molecule has 0 aliphatic heterocycles. The van der Waals surface area contributed by atoms with Crippen LogP contribution in [0.3, 0.4) is 0 Å². The largest absolute Gasteiger partial charge is 0.342 e. The molecule has 2 aromatic rings. The number of aromatic nitrogens is 2. The first-order valence-electron chi connectivity index (χ1n) is 5.29. The maximum atomic E-state index is 11.4. The molecule has 1 amide bonds. The number of rotatable bonds is 4. The maximum Gasteiger partial charge on any atom is 0.231 e. The van der Waals surface area contributed by atoms with Gasteiger partial charge < -0.3 is 5.32 Å². The molecule has 0 spiro atoms. The van der Waals surface area contributed by atoms with Crippen LogP contribution in [0.25, 0.3) is 10.2 Å². The first-order valence-corrected chi connectivity index (χ1v) is 7.47. The summed E-state index contributed by atoms with van der Waals surface area (Å²) >= 11 is 9.01. The second-order valence-corrected chi connectivity index (χ2v) is 6.10. The van der Waals surface area contributed by atoms with Gasteiger partial charge in [0.2, 0.25) is 5.91 Å². The first kappa shape index (κ1) is 14.1. The summed E-state index contributed by atoms with van der Waals surface area (Å²) in [6.45, 7) is 1.93. The van der Waals surface area contributed by atoms with Crippen LogP contribution < -0.4 is 5.32 Å². The van der Waals surface area contributed by atoms with Gasteiger partial charge in [-0.05, 0) is 6.92 Å². The molecule has 0 atom stereocenters. The SMILES string of the molecule is Cc1sc2ncnc(SCC(=O)NCC#N)c2c1Cl. The van der Waals surface area contributed by atoms with Crippen molar-refractivity contribution < 1.29 is 4.79 Å².